The number of amides is 3. The number of piperidine rings is 1. The van der Waals surface area contributed by atoms with E-state index in [0.717, 1.165) is 5.56 Å². The lowest BCUT2D eigenvalue weighted by Crippen LogP contribution is -2.60. The number of carbonyl (C=O) groups is 3. The normalized spacial score (nSPS) is 21.6. The van der Waals surface area contributed by atoms with E-state index in [0.29, 0.717) is 57.8 Å². The van der Waals surface area contributed by atoms with Crippen molar-refractivity contribution in [3.63, 3.8) is 0 Å². The highest BCUT2D eigenvalue weighted by Gasteiger charge is 2.55. The quantitative estimate of drug-likeness (QED) is 0.654. The summed E-state index contributed by atoms with van der Waals surface area (Å²) in [6.07, 6.45) is 0.719. The zero-order valence-electron chi connectivity index (χ0n) is 20.3. The molecule has 3 amide bonds. The number of likely N-dealkylation sites (tertiary alicyclic amines) is 1. The van der Waals surface area contributed by atoms with Crippen LogP contribution in [-0.4, -0.2) is 90.2 Å². The van der Waals surface area contributed by atoms with Crippen molar-refractivity contribution in [3.8, 4) is 0 Å². The van der Waals surface area contributed by atoms with Gasteiger partial charge in [0.25, 0.3) is 11.8 Å². The molecule has 1 unspecified atom stereocenters. The molecule has 1 spiro atoms. The Balaban J connectivity index is 1.40. The highest BCUT2D eigenvalue weighted by molar-refractivity contribution is 5.99. The Morgan fingerprint density at radius 2 is 1.56 bits per heavy atom. The second kappa shape index (κ2) is 9.99. The van der Waals surface area contributed by atoms with E-state index in [9.17, 15) is 18.8 Å². The Kier molecular flexibility index (Phi) is 6.77. The van der Waals surface area contributed by atoms with Crippen LogP contribution in [0.2, 0.25) is 0 Å². The van der Waals surface area contributed by atoms with Crippen LogP contribution in [0, 0.1) is 12.7 Å². The van der Waals surface area contributed by atoms with Gasteiger partial charge in [0.15, 0.2) is 0 Å². The van der Waals surface area contributed by atoms with Crippen molar-refractivity contribution < 1.29 is 28.2 Å². The summed E-state index contributed by atoms with van der Waals surface area (Å²) in [6, 6.07) is 12.2. The molecule has 0 N–H and O–H groups in total. The first kappa shape index (κ1) is 24.4. The molecule has 0 aliphatic carbocycles. The lowest BCUT2D eigenvalue weighted by Gasteiger charge is -2.45. The van der Waals surface area contributed by atoms with Crippen LogP contribution >= 0.6 is 0 Å². The van der Waals surface area contributed by atoms with Crippen LogP contribution in [0.25, 0.3) is 0 Å². The van der Waals surface area contributed by atoms with Crippen LogP contribution < -0.4 is 0 Å². The Hall–Kier alpha value is -3.30. The molecule has 2 aromatic rings. The highest BCUT2D eigenvalue weighted by atomic mass is 19.1. The van der Waals surface area contributed by atoms with Gasteiger partial charge in [-0.15, -0.1) is 0 Å². The van der Waals surface area contributed by atoms with Gasteiger partial charge in [-0.05, 0) is 37.3 Å². The van der Waals surface area contributed by atoms with E-state index in [-0.39, 0.29) is 29.9 Å². The molecule has 8 nitrogen and oxygen atoms in total. The fourth-order valence-corrected chi connectivity index (χ4v) is 5.33. The second-order valence-corrected chi connectivity index (χ2v) is 9.56. The average Bonchev–Trinajstić information content (AvgIpc) is 3.26. The number of aryl methyl sites for hydroxylation is 1. The molecule has 190 valence electrons. The van der Waals surface area contributed by atoms with Gasteiger partial charge in [-0.1, -0.05) is 23.8 Å². The van der Waals surface area contributed by atoms with E-state index < -0.39 is 17.6 Å². The molecule has 3 aliphatic rings. The molecule has 2 aromatic carbocycles. The fourth-order valence-electron chi connectivity index (χ4n) is 5.33. The van der Waals surface area contributed by atoms with Crippen molar-refractivity contribution in [2.75, 3.05) is 46.0 Å². The number of nitrogens with zero attached hydrogens (tertiary/aromatic N) is 3. The summed E-state index contributed by atoms with van der Waals surface area (Å²) in [5.74, 6) is -1.13. The van der Waals surface area contributed by atoms with Crippen molar-refractivity contribution >= 4 is 17.7 Å². The molecule has 0 aromatic heterocycles. The smallest absolute Gasteiger partial charge is 0.256 e. The first-order chi connectivity index (χ1) is 17.4. The summed E-state index contributed by atoms with van der Waals surface area (Å²) >= 11 is 0. The summed E-state index contributed by atoms with van der Waals surface area (Å²) in [6.45, 7) is 4.55. The molecular weight excluding hydrogens is 465 g/mol. The molecule has 3 saturated heterocycles. The van der Waals surface area contributed by atoms with Crippen LogP contribution in [-0.2, 0) is 14.3 Å². The maximum Gasteiger partial charge on any atom is 0.256 e. The monoisotopic (exact) mass is 495 g/mol. The van der Waals surface area contributed by atoms with Crippen molar-refractivity contribution in [2.24, 2.45) is 0 Å². The minimum atomic E-state index is -0.994. The van der Waals surface area contributed by atoms with E-state index >= 15 is 0 Å². The molecule has 0 saturated carbocycles. The molecule has 36 heavy (non-hydrogen) atoms. The van der Waals surface area contributed by atoms with Gasteiger partial charge < -0.3 is 19.3 Å². The number of rotatable bonds is 3. The summed E-state index contributed by atoms with van der Waals surface area (Å²) in [5.41, 5.74) is 0.734. The lowest BCUT2D eigenvalue weighted by atomic mass is 9.95. The predicted octanol–water partition coefficient (Wildman–Crippen LogP) is 2.47. The summed E-state index contributed by atoms with van der Waals surface area (Å²) in [7, 11) is 0. The van der Waals surface area contributed by atoms with Crippen LogP contribution in [0.1, 0.15) is 39.1 Å². The molecule has 1 atom stereocenters. The van der Waals surface area contributed by atoms with Gasteiger partial charge >= 0.3 is 0 Å². The molecule has 3 heterocycles. The van der Waals surface area contributed by atoms with Crippen LogP contribution in [0.15, 0.2) is 48.5 Å². The fraction of sp³-hybridized carbons (Fsp3) is 0.444. The first-order valence-corrected chi connectivity index (χ1v) is 12.3. The number of halogens is 1. The van der Waals surface area contributed by atoms with E-state index in [4.69, 9.17) is 9.47 Å². The van der Waals surface area contributed by atoms with Crippen LogP contribution in [0.4, 0.5) is 4.39 Å². The zero-order valence-corrected chi connectivity index (χ0v) is 20.3. The Morgan fingerprint density at radius 3 is 2.22 bits per heavy atom. The molecule has 3 aliphatic heterocycles. The molecule has 0 radical (unpaired) electrons. The number of benzene rings is 2. The van der Waals surface area contributed by atoms with E-state index in [2.05, 4.69) is 0 Å². The zero-order chi connectivity index (χ0) is 25.3. The first-order valence-electron chi connectivity index (χ1n) is 12.3. The maximum atomic E-state index is 13.9. The number of ether oxygens (including phenoxy) is 2. The van der Waals surface area contributed by atoms with Gasteiger partial charge in [-0.3, -0.25) is 19.3 Å². The van der Waals surface area contributed by atoms with Gasteiger partial charge in [-0.25, -0.2) is 4.39 Å². The largest absolute Gasteiger partial charge is 0.378 e. The number of hydrogen-bond donors (Lipinski definition) is 0. The molecule has 3 fully saturated rings. The van der Waals surface area contributed by atoms with Crippen LogP contribution in [0.5, 0.6) is 0 Å². The maximum absolute atomic E-state index is 13.9. The average molecular weight is 496 g/mol. The van der Waals surface area contributed by atoms with Crippen molar-refractivity contribution in [2.45, 2.75) is 31.5 Å². The van der Waals surface area contributed by atoms with Crippen LogP contribution in [0.3, 0.4) is 0 Å². The van der Waals surface area contributed by atoms with Gasteiger partial charge in [0.2, 0.25) is 5.91 Å². The minimum Gasteiger partial charge on any atom is -0.378 e. The Labute approximate surface area is 209 Å². The third-order valence-corrected chi connectivity index (χ3v) is 7.26. The number of morpholine rings is 1. The summed E-state index contributed by atoms with van der Waals surface area (Å²) < 4.78 is 25.3. The van der Waals surface area contributed by atoms with E-state index in [1.54, 1.807) is 26.8 Å². The third-order valence-electron chi connectivity index (χ3n) is 7.26. The number of carbonyl (C=O) groups excluding carboxylic acids is 3. The second-order valence-electron chi connectivity index (χ2n) is 9.56. The SMILES string of the molecule is Cc1cccc(C(=O)N2C(C(=O)N3CCOCC3)COC23CCN(C(=O)c2cccc(F)c2)CC3)c1. The van der Waals surface area contributed by atoms with Crippen molar-refractivity contribution in [1.82, 2.24) is 14.7 Å². The molecular formula is C27H30FN3O5. The lowest BCUT2D eigenvalue weighted by molar-refractivity contribution is -0.141. The van der Waals surface area contributed by atoms with Crippen molar-refractivity contribution in [3.05, 3.63) is 71.0 Å². The summed E-state index contributed by atoms with van der Waals surface area (Å²) in [5, 5.41) is 0. The topological polar surface area (TPSA) is 79.4 Å². The number of hydrogen-bond acceptors (Lipinski definition) is 5. The third kappa shape index (κ3) is 4.60. The Bertz CT molecular complexity index is 1160. The van der Waals surface area contributed by atoms with E-state index in [1.165, 1.54) is 18.2 Å². The predicted molar refractivity (Wildman–Crippen MR) is 129 cm³/mol. The highest BCUT2D eigenvalue weighted by Crippen LogP contribution is 2.39. The van der Waals surface area contributed by atoms with Crippen molar-refractivity contribution in [1.29, 1.82) is 0 Å². The van der Waals surface area contributed by atoms with E-state index in [1.807, 2.05) is 25.1 Å². The van der Waals surface area contributed by atoms with Gasteiger partial charge in [0.05, 0.1) is 19.8 Å². The standard InChI is InChI=1S/C27H30FN3O5/c1-19-4-2-5-20(16-19)25(33)31-23(26(34)30-12-14-35-15-13-30)18-36-27(31)8-10-29(11-9-27)24(32)21-6-3-7-22(28)17-21/h2-7,16-17,23H,8-15,18H2,1H3. The Morgan fingerprint density at radius 1 is 0.889 bits per heavy atom. The van der Waals surface area contributed by atoms with Gasteiger partial charge in [0.1, 0.15) is 17.6 Å². The molecule has 0 bridgehead atoms. The molecule has 5 rings (SSSR count). The molecule has 9 heteroatoms. The van der Waals surface area contributed by atoms with Gasteiger partial charge in [-0.2, -0.15) is 0 Å². The van der Waals surface area contributed by atoms with Gasteiger partial charge in [0, 0.05) is 50.1 Å². The summed E-state index contributed by atoms with van der Waals surface area (Å²) in [4.78, 5) is 45.4. The minimum absolute atomic E-state index is 0.103.